The molecule has 0 N–H and O–H groups in total. The van der Waals surface area contributed by atoms with Gasteiger partial charge in [-0.2, -0.15) is 0 Å². The molecule has 0 fully saturated rings. The number of carbonyl (C=O) groups is 1. The molecule has 0 unspecified atom stereocenters. The number of ether oxygens (including phenoxy) is 1. The first kappa shape index (κ1) is 13.3. The molecule has 0 radical (unpaired) electrons. The number of carbonyl (C=O) groups excluding carboxylic acids is 1. The SMILES string of the molecule is CC(=O)c1ccc(Cl)c(OC(F)(F)F)c1Br. The van der Waals surface area contributed by atoms with Gasteiger partial charge in [-0.15, -0.1) is 13.2 Å². The fourth-order valence-electron chi connectivity index (χ4n) is 1.01. The van der Waals surface area contributed by atoms with Gasteiger partial charge < -0.3 is 4.74 Å². The van der Waals surface area contributed by atoms with Gasteiger partial charge in [0.2, 0.25) is 0 Å². The number of hydrogen-bond acceptors (Lipinski definition) is 2. The molecule has 0 aliphatic rings. The minimum Gasteiger partial charge on any atom is -0.403 e. The quantitative estimate of drug-likeness (QED) is 0.764. The van der Waals surface area contributed by atoms with Crippen LogP contribution in [0, 0.1) is 0 Å². The van der Waals surface area contributed by atoms with E-state index in [0.29, 0.717) is 0 Å². The molecule has 1 aromatic carbocycles. The normalized spacial score (nSPS) is 11.4. The van der Waals surface area contributed by atoms with Gasteiger partial charge in [-0.05, 0) is 35.0 Å². The molecule has 16 heavy (non-hydrogen) atoms. The predicted octanol–water partition coefficient (Wildman–Crippen LogP) is 4.20. The van der Waals surface area contributed by atoms with E-state index in [9.17, 15) is 18.0 Å². The topological polar surface area (TPSA) is 26.3 Å². The maximum atomic E-state index is 12.0. The van der Waals surface area contributed by atoms with Crippen molar-refractivity contribution in [3.05, 3.63) is 27.2 Å². The van der Waals surface area contributed by atoms with Gasteiger partial charge in [-0.1, -0.05) is 11.6 Å². The van der Waals surface area contributed by atoms with Gasteiger partial charge in [-0.25, -0.2) is 0 Å². The number of alkyl halides is 3. The van der Waals surface area contributed by atoms with Crippen LogP contribution in [-0.2, 0) is 0 Å². The molecule has 1 aromatic rings. The van der Waals surface area contributed by atoms with Crippen LogP contribution in [0.4, 0.5) is 13.2 Å². The summed E-state index contributed by atoms with van der Waals surface area (Å²) >= 11 is 8.40. The highest BCUT2D eigenvalue weighted by Gasteiger charge is 2.33. The minimum absolute atomic E-state index is 0.0728. The van der Waals surface area contributed by atoms with Crippen LogP contribution in [0.25, 0.3) is 0 Å². The van der Waals surface area contributed by atoms with Crippen LogP contribution in [0.3, 0.4) is 0 Å². The molecule has 0 aliphatic carbocycles. The third kappa shape index (κ3) is 3.12. The highest BCUT2D eigenvalue weighted by Crippen LogP contribution is 2.39. The van der Waals surface area contributed by atoms with Crippen molar-refractivity contribution in [1.29, 1.82) is 0 Å². The van der Waals surface area contributed by atoms with E-state index >= 15 is 0 Å². The van der Waals surface area contributed by atoms with E-state index in [2.05, 4.69) is 20.7 Å². The summed E-state index contributed by atoms with van der Waals surface area (Å²) in [6, 6.07) is 2.49. The molecule has 0 aromatic heterocycles. The first-order valence-electron chi connectivity index (χ1n) is 3.97. The van der Waals surface area contributed by atoms with Gasteiger partial charge >= 0.3 is 6.36 Å². The van der Waals surface area contributed by atoms with E-state index in [1.165, 1.54) is 19.1 Å². The lowest BCUT2D eigenvalue weighted by molar-refractivity contribution is -0.274. The second-order valence-electron chi connectivity index (χ2n) is 2.84. The molecule has 0 saturated heterocycles. The maximum absolute atomic E-state index is 12.0. The Hall–Kier alpha value is -0.750. The minimum atomic E-state index is -4.86. The van der Waals surface area contributed by atoms with E-state index in [0.717, 1.165) is 0 Å². The van der Waals surface area contributed by atoms with E-state index in [1.54, 1.807) is 0 Å². The Labute approximate surface area is 102 Å². The van der Waals surface area contributed by atoms with Crippen molar-refractivity contribution < 1.29 is 22.7 Å². The highest BCUT2D eigenvalue weighted by atomic mass is 79.9. The average molecular weight is 317 g/mol. The number of halogens is 5. The van der Waals surface area contributed by atoms with Crippen molar-refractivity contribution in [3.63, 3.8) is 0 Å². The van der Waals surface area contributed by atoms with Crippen LogP contribution in [0.15, 0.2) is 16.6 Å². The average Bonchev–Trinajstić information content (AvgIpc) is 2.10. The van der Waals surface area contributed by atoms with Gasteiger partial charge in [0.15, 0.2) is 11.5 Å². The first-order chi connectivity index (χ1) is 7.22. The largest absolute Gasteiger partial charge is 0.573 e. The van der Waals surface area contributed by atoms with E-state index in [1.807, 2.05) is 0 Å². The third-order valence-corrected chi connectivity index (χ3v) is 2.73. The zero-order valence-electron chi connectivity index (χ0n) is 7.86. The first-order valence-corrected chi connectivity index (χ1v) is 5.14. The van der Waals surface area contributed by atoms with Gasteiger partial charge in [0.05, 0.1) is 9.50 Å². The van der Waals surface area contributed by atoms with Gasteiger partial charge in [0.25, 0.3) is 0 Å². The number of benzene rings is 1. The summed E-state index contributed by atoms with van der Waals surface area (Å²) < 4.78 is 39.8. The molecular formula is C9H5BrClF3O2. The van der Waals surface area contributed by atoms with E-state index in [4.69, 9.17) is 11.6 Å². The van der Waals surface area contributed by atoms with Crippen LogP contribution in [0.5, 0.6) is 5.75 Å². The monoisotopic (exact) mass is 316 g/mol. The summed E-state index contributed by atoms with van der Waals surface area (Å²) in [6.07, 6.45) is -4.86. The van der Waals surface area contributed by atoms with Crippen molar-refractivity contribution in [1.82, 2.24) is 0 Å². The Morgan fingerprint density at radius 1 is 1.44 bits per heavy atom. The standard InChI is InChI=1S/C9H5BrClF3O2/c1-4(15)5-2-3-6(11)8(7(5)10)16-9(12,13)14/h2-3H,1H3. The van der Waals surface area contributed by atoms with Crippen molar-refractivity contribution in [2.24, 2.45) is 0 Å². The lowest BCUT2D eigenvalue weighted by atomic mass is 10.1. The van der Waals surface area contributed by atoms with E-state index < -0.39 is 17.9 Å². The Bertz CT molecular complexity index is 431. The predicted molar refractivity (Wildman–Crippen MR) is 55.8 cm³/mol. The number of hydrogen-bond donors (Lipinski definition) is 0. The summed E-state index contributed by atoms with van der Waals surface area (Å²) in [4.78, 5) is 11.1. The summed E-state index contributed by atoms with van der Waals surface area (Å²) in [5.41, 5.74) is 0.0728. The zero-order valence-corrected chi connectivity index (χ0v) is 10.2. The summed E-state index contributed by atoms with van der Waals surface area (Å²) in [5.74, 6) is -1.00. The molecule has 0 saturated carbocycles. The number of rotatable bonds is 2. The fraction of sp³-hybridized carbons (Fsp3) is 0.222. The smallest absolute Gasteiger partial charge is 0.403 e. The summed E-state index contributed by atoms with van der Waals surface area (Å²) in [7, 11) is 0. The second-order valence-corrected chi connectivity index (χ2v) is 4.04. The lowest BCUT2D eigenvalue weighted by Gasteiger charge is -2.13. The summed E-state index contributed by atoms with van der Waals surface area (Å²) in [6.45, 7) is 1.23. The van der Waals surface area contributed by atoms with Crippen molar-refractivity contribution >= 4 is 33.3 Å². The Kier molecular flexibility index (Phi) is 3.85. The molecule has 2 nitrogen and oxygen atoms in total. The van der Waals surface area contributed by atoms with Crippen LogP contribution in [-0.4, -0.2) is 12.1 Å². The molecule has 0 heterocycles. The Morgan fingerprint density at radius 3 is 2.44 bits per heavy atom. The molecule has 0 amide bonds. The van der Waals surface area contributed by atoms with Gasteiger partial charge in [-0.3, -0.25) is 4.79 Å². The van der Waals surface area contributed by atoms with Crippen LogP contribution < -0.4 is 4.74 Å². The fourth-order valence-corrected chi connectivity index (χ4v) is 2.03. The van der Waals surface area contributed by atoms with Crippen molar-refractivity contribution in [3.8, 4) is 5.75 Å². The molecule has 7 heteroatoms. The highest BCUT2D eigenvalue weighted by molar-refractivity contribution is 9.10. The Morgan fingerprint density at radius 2 is 2.00 bits per heavy atom. The molecule has 0 bridgehead atoms. The van der Waals surface area contributed by atoms with Gasteiger partial charge in [0.1, 0.15) is 0 Å². The molecular weight excluding hydrogens is 312 g/mol. The van der Waals surface area contributed by atoms with E-state index in [-0.39, 0.29) is 15.1 Å². The second kappa shape index (κ2) is 4.63. The van der Waals surface area contributed by atoms with Gasteiger partial charge in [0, 0.05) is 5.56 Å². The molecule has 1 rings (SSSR count). The van der Waals surface area contributed by atoms with Crippen LogP contribution >= 0.6 is 27.5 Å². The summed E-state index contributed by atoms with van der Waals surface area (Å²) in [5, 5.41) is -0.228. The number of ketones is 1. The van der Waals surface area contributed by atoms with Crippen LogP contribution in [0.1, 0.15) is 17.3 Å². The Balaban J connectivity index is 3.27. The lowest BCUT2D eigenvalue weighted by Crippen LogP contribution is -2.18. The van der Waals surface area contributed by atoms with Crippen molar-refractivity contribution in [2.75, 3.05) is 0 Å². The molecule has 0 aliphatic heterocycles. The van der Waals surface area contributed by atoms with Crippen LogP contribution in [0.2, 0.25) is 5.02 Å². The third-order valence-electron chi connectivity index (χ3n) is 1.65. The van der Waals surface area contributed by atoms with Crippen molar-refractivity contribution in [2.45, 2.75) is 13.3 Å². The maximum Gasteiger partial charge on any atom is 0.573 e. The molecule has 88 valence electrons. The molecule has 0 spiro atoms. The zero-order chi connectivity index (χ0) is 12.5. The molecule has 0 atom stereocenters. The number of Topliss-reactive ketones (excluding diaryl/α,β-unsaturated/α-hetero) is 1.